The molecule has 0 radical (unpaired) electrons. The minimum atomic E-state index is -1.27. The van der Waals surface area contributed by atoms with Crippen LogP contribution in [-0.2, 0) is 4.79 Å². The molecule has 0 saturated carbocycles. The Morgan fingerprint density at radius 3 is 2.52 bits per heavy atom. The Morgan fingerprint density at radius 1 is 1.24 bits per heavy atom. The Hall–Kier alpha value is -3.16. The molecule has 0 saturated heterocycles. The summed E-state index contributed by atoms with van der Waals surface area (Å²) in [7, 11) is 0. The van der Waals surface area contributed by atoms with E-state index in [4.69, 9.17) is 5.11 Å². The maximum absolute atomic E-state index is 11.8. The molecule has 2 aromatic rings. The Bertz CT molecular complexity index is 739. The number of aromatic amines is 1. The van der Waals surface area contributed by atoms with Crippen LogP contribution < -0.4 is 10.9 Å². The molecule has 8 nitrogen and oxygen atoms in total. The van der Waals surface area contributed by atoms with Crippen molar-refractivity contribution in [2.45, 2.75) is 0 Å². The van der Waals surface area contributed by atoms with Crippen LogP contribution >= 0.6 is 0 Å². The van der Waals surface area contributed by atoms with Gasteiger partial charge in [-0.1, -0.05) is 30.3 Å². The number of aliphatic carboxylic acids is 1. The average molecular weight is 289 g/mol. The fourth-order valence-electron chi connectivity index (χ4n) is 1.69. The largest absolute Gasteiger partial charge is 0.505 e. The van der Waals surface area contributed by atoms with Gasteiger partial charge < -0.3 is 15.5 Å². The molecule has 0 aliphatic heterocycles. The van der Waals surface area contributed by atoms with Crippen LogP contribution in [0.3, 0.4) is 0 Å². The van der Waals surface area contributed by atoms with E-state index in [1.165, 1.54) is 0 Å². The summed E-state index contributed by atoms with van der Waals surface area (Å²) in [6.45, 7) is -0.666. The van der Waals surface area contributed by atoms with E-state index in [9.17, 15) is 19.5 Å². The molecule has 0 spiro atoms. The molecule has 1 aromatic heterocycles. The zero-order valence-corrected chi connectivity index (χ0v) is 10.7. The Labute approximate surface area is 118 Å². The molecule has 4 N–H and O–H groups in total. The van der Waals surface area contributed by atoms with Gasteiger partial charge in [-0.2, -0.15) is 5.10 Å². The number of benzene rings is 1. The number of hydrogen-bond acceptors (Lipinski definition) is 5. The fourth-order valence-corrected chi connectivity index (χ4v) is 1.69. The predicted molar refractivity (Wildman–Crippen MR) is 71.9 cm³/mol. The lowest BCUT2D eigenvalue weighted by atomic mass is 10.1. The summed E-state index contributed by atoms with van der Waals surface area (Å²) in [6, 6.07) is 8.43. The number of carboxylic acid groups (broad SMARTS) is 1. The number of hydrogen-bond donors (Lipinski definition) is 4. The number of amides is 1. The zero-order chi connectivity index (χ0) is 15.4. The summed E-state index contributed by atoms with van der Waals surface area (Å²) in [4.78, 5) is 33.8. The number of carboxylic acids is 1. The van der Waals surface area contributed by atoms with Gasteiger partial charge in [0, 0.05) is 5.56 Å². The van der Waals surface area contributed by atoms with Gasteiger partial charge in [-0.05, 0) is 0 Å². The number of rotatable bonds is 4. The highest BCUT2D eigenvalue weighted by Crippen LogP contribution is 2.27. The van der Waals surface area contributed by atoms with Crippen molar-refractivity contribution in [1.29, 1.82) is 0 Å². The Balaban J connectivity index is 2.45. The first-order valence-electron chi connectivity index (χ1n) is 5.87. The molecule has 108 valence electrons. The molecule has 0 bridgehead atoms. The fraction of sp³-hybridized carbons (Fsp3) is 0.0769. The normalized spacial score (nSPS) is 10.1. The number of aromatic hydroxyl groups is 1. The molecule has 1 heterocycles. The van der Waals surface area contributed by atoms with Crippen LogP contribution in [0.4, 0.5) is 0 Å². The molecule has 2 rings (SSSR count). The van der Waals surface area contributed by atoms with E-state index < -0.39 is 35.3 Å². The van der Waals surface area contributed by atoms with Crippen molar-refractivity contribution in [3.63, 3.8) is 0 Å². The van der Waals surface area contributed by atoms with Gasteiger partial charge in [-0.15, -0.1) is 0 Å². The highest BCUT2D eigenvalue weighted by Gasteiger charge is 2.21. The first kappa shape index (κ1) is 14.3. The van der Waals surface area contributed by atoms with Gasteiger partial charge >= 0.3 is 5.97 Å². The molecule has 0 aliphatic rings. The van der Waals surface area contributed by atoms with Gasteiger partial charge in [0.15, 0.2) is 5.75 Å². The standard InChI is InChI=1S/C13H11N3O5/c17-8(18)6-14-12(20)9-11(19)10(15-16-13(9)21)7-4-2-1-3-5-7/h1-5H,6H2,(H,14,20)(H,17,18)(H2,16,19,21). The molecule has 1 aromatic carbocycles. The van der Waals surface area contributed by atoms with Gasteiger partial charge in [0.1, 0.15) is 17.8 Å². The maximum atomic E-state index is 11.8. The molecule has 0 atom stereocenters. The number of carbonyl (C=O) groups is 2. The lowest BCUT2D eigenvalue weighted by molar-refractivity contribution is -0.135. The topological polar surface area (TPSA) is 132 Å². The third kappa shape index (κ3) is 3.06. The number of carbonyl (C=O) groups excluding carboxylic acids is 1. The van der Waals surface area contributed by atoms with Crippen molar-refractivity contribution in [3.8, 4) is 17.0 Å². The quantitative estimate of drug-likeness (QED) is 0.624. The summed E-state index contributed by atoms with van der Waals surface area (Å²) >= 11 is 0. The van der Waals surface area contributed by atoms with E-state index in [0.717, 1.165) is 0 Å². The van der Waals surface area contributed by atoms with Gasteiger partial charge in [-0.3, -0.25) is 14.4 Å². The van der Waals surface area contributed by atoms with Crippen molar-refractivity contribution in [2.24, 2.45) is 0 Å². The van der Waals surface area contributed by atoms with E-state index in [-0.39, 0.29) is 5.69 Å². The predicted octanol–water partition coefficient (Wildman–Crippen LogP) is -0.0431. The second kappa shape index (κ2) is 5.87. The molecule has 1 amide bonds. The van der Waals surface area contributed by atoms with E-state index in [1.807, 2.05) is 5.32 Å². The van der Waals surface area contributed by atoms with Crippen LogP contribution in [0.15, 0.2) is 35.1 Å². The lowest BCUT2D eigenvalue weighted by Gasteiger charge is -2.07. The van der Waals surface area contributed by atoms with Crippen molar-refractivity contribution < 1.29 is 19.8 Å². The number of aromatic nitrogens is 2. The van der Waals surface area contributed by atoms with Gasteiger partial charge in [-0.25, -0.2) is 5.10 Å². The Kier molecular flexibility index (Phi) is 3.98. The zero-order valence-electron chi connectivity index (χ0n) is 10.7. The van der Waals surface area contributed by atoms with Crippen LogP contribution in [0, 0.1) is 0 Å². The lowest BCUT2D eigenvalue weighted by Crippen LogP contribution is -2.33. The second-order valence-electron chi connectivity index (χ2n) is 4.07. The first-order valence-corrected chi connectivity index (χ1v) is 5.87. The van der Waals surface area contributed by atoms with Crippen LogP contribution in [-0.4, -0.2) is 38.8 Å². The molecular weight excluding hydrogens is 278 g/mol. The average Bonchev–Trinajstić information content (AvgIpc) is 2.46. The minimum absolute atomic E-state index is 0.0238. The van der Waals surface area contributed by atoms with Gasteiger partial charge in [0.25, 0.3) is 11.5 Å². The number of nitrogens with one attached hydrogen (secondary N) is 2. The summed E-state index contributed by atoms with van der Waals surface area (Å²) in [6.07, 6.45) is 0. The van der Waals surface area contributed by atoms with Crippen molar-refractivity contribution >= 4 is 11.9 Å². The smallest absolute Gasteiger partial charge is 0.322 e. The van der Waals surface area contributed by atoms with Crippen LogP contribution in [0.1, 0.15) is 10.4 Å². The van der Waals surface area contributed by atoms with Crippen molar-refractivity contribution in [2.75, 3.05) is 6.54 Å². The minimum Gasteiger partial charge on any atom is -0.505 e. The summed E-state index contributed by atoms with van der Waals surface area (Å²) in [5.41, 5.74) is -0.964. The molecular formula is C13H11N3O5. The molecule has 8 heteroatoms. The summed E-state index contributed by atoms with van der Waals surface area (Å²) in [5.74, 6) is -2.86. The third-order valence-electron chi connectivity index (χ3n) is 2.63. The number of H-pyrrole nitrogens is 1. The SMILES string of the molecule is O=C(O)CNC(=O)c1c(O)c(-c2ccccc2)n[nH]c1=O. The van der Waals surface area contributed by atoms with Crippen LogP contribution in [0.2, 0.25) is 0 Å². The highest BCUT2D eigenvalue weighted by molar-refractivity contribution is 5.99. The summed E-state index contributed by atoms with van der Waals surface area (Å²) < 4.78 is 0. The van der Waals surface area contributed by atoms with Gasteiger partial charge in [0.05, 0.1) is 0 Å². The van der Waals surface area contributed by atoms with E-state index in [1.54, 1.807) is 30.3 Å². The molecule has 0 unspecified atom stereocenters. The molecule has 21 heavy (non-hydrogen) atoms. The highest BCUT2D eigenvalue weighted by atomic mass is 16.4. The maximum Gasteiger partial charge on any atom is 0.322 e. The van der Waals surface area contributed by atoms with Crippen molar-refractivity contribution in [3.05, 3.63) is 46.2 Å². The van der Waals surface area contributed by atoms with E-state index >= 15 is 0 Å². The number of nitrogens with zero attached hydrogens (tertiary/aromatic N) is 1. The molecule has 0 aliphatic carbocycles. The van der Waals surface area contributed by atoms with E-state index in [0.29, 0.717) is 5.56 Å². The molecule has 0 fully saturated rings. The first-order chi connectivity index (χ1) is 10.0. The summed E-state index contributed by atoms with van der Waals surface area (Å²) in [5, 5.41) is 26.4. The monoisotopic (exact) mass is 289 g/mol. The second-order valence-corrected chi connectivity index (χ2v) is 4.07. The Morgan fingerprint density at radius 2 is 1.90 bits per heavy atom. The van der Waals surface area contributed by atoms with E-state index in [2.05, 4.69) is 10.2 Å². The van der Waals surface area contributed by atoms with Gasteiger partial charge in [0.2, 0.25) is 0 Å². The van der Waals surface area contributed by atoms with Crippen LogP contribution in [0.25, 0.3) is 11.3 Å². The van der Waals surface area contributed by atoms with Crippen LogP contribution in [0.5, 0.6) is 5.75 Å². The third-order valence-corrected chi connectivity index (χ3v) is 2.63. The van der Waals surface area contributed by atoms with Crippen molar-refractivity contribution in [1.82, 2.24) is 15.5 Å².